The number of ether oxygens (including phenoxy) is 1. The van der Waals surface area contributed by atoms with Crippen LogP contribution in [0, 0.1) is 0 Å². The Labute approximate surface area is 139 Å². The summed E-state index contributed by atoms with van der Waals surface area (Å²) in [5.74, 6) is 0.277. The number of nitrogens with one attached hydrogen (secondary N) is 2. The first-order chi connectivity index (χ1) is 11.6. The fourth-order valence-electron chi connectivity index (χ4n) is 2.58. The molecule has 2 aromatic carbocycles. The van der Waals surface area contributed by atoms with Crippen molar-refractivity contribution < 1.29 is 9.53 Å². The van der Waals surface area contributed by atoms with Crippen LogP contribution in [0.4, 0.5) is 5.69 Å². The third-order valence-corrected chi connectivity index (χ3v) is 4.03. The number of hydrogen-bond donors (Lipinski definition) is 2. The van der Waals surface area contributed by atoms with E-state index in [1.807, 2.05) is 31.2 Å². The Hall–Kier alpha value is -3.08. The van der Waals surface area contributed by atoms with Crippen LogP contribution in [-0.4, -0.2) is 18.0 Å². The summed E-state index contributed by atoms with van der Waals surface area (Å²) in [6, 6.07) is 14.5. The van der Waals surface area contributed by atoms with E-state index < -0.39 is 0 Å². The quantitative estimate of drug-likeness (QED) is 0.774. The summed E-state index contributed by atoms with van der Waals surface area (Å²) in [5.41, 5.74) is 1.40. The smallest absolute Gasteiger partial charge is 0.255 e. The summed E-state index contributed by atoms with van der Waals surface area (Å²) in [6.45, 7) is 1.84. The highest BCUT2D eigenvalue weighted by Crippen LogP contribution is 2.23. The molecule has 24 heavy (non-hydrogen) atoms. The molecule has 5 nitrogen and oxygen atoms in total. The number of H-pyrrole nitrogens is 1. The van der Waals surface area contributed by atoms with Gasteiger partial charge in [0.1, 0.15) is 5.75 Å². The normalized spacial score (nSPS) is 11.9. The summed E-state index contributed by atoms with van der Waals surface area (Å²) in [4.78, 5) is 26.8. The lowest BCUT2D eigenvalue weighted by atomic mass is 10.00. The third-order valence-electron chi connectivity index (χ3n) is 4.03. The van der Waals surface area contributed by atoms with E-state index in [1.54, 1.807) is 37.6 Å². The Bertz CT molecular complexity index is 946. The molecule has 1 heterocycles. The summed E-state index contributed by atoms with van der Waals surface area (Å²) < 4.78 is 5.20. The fraction of sp³-hybridized carbons (Fsp3) is 0.158. The molecule has 5 heteroatoms. The lowest BCUT2D eigenvalue weighted by molar-refractivity contribution is -0.117. The number of methoxy groups -OCH3 is 1. The van der Waals surface area contributed by atoms with E-state index in [1.165, 1.54) is 0 Å². The maximum absolute atomic E-state index is 12.5. The van der Waals surface area contributed by atoms with Gasteiger partial charge in [-0.1, -0.05) is 12.1 Å². The number of rotatable bonds is 4. The molecule has 1 unspecified atom stereocenters. The van der Waals surface area contributed by atoms with Gasteiger partial charge in [0.2, 0.25) is 5.91 Å². The zero-order chi connectivity index (χ0) is 17.1. The van der Waals surface area contributed by atoms with Crippen LogP contribution in [0.2, 0.25) is 0 Å². The molecular weight excluding hydrogens is 304 g/mol. The van der Waals surface area contributed by atoms with Gasteiger partial charge in [0.05, 0.1) is 13.0 Å². The molecule has 0 saturated carbocycles. The van der Waals surface area contributed by atoms with Gasteiger partial charge in [-0.2, -0.15) is 0 Å². The maximum atomic E-state index is 12.5. The monoisotopic (exact) mass is 322 g/mol. The van der Waals surface area contributed by atoms with Crippen molar-refractivity contribution in [2.75, 3.05) is 12.4 Å². The molecular formula is C19H18N2O3. The first-order valence-electron chi connectivity index (χ1n) is 7.65. The Kier molecular flexibility index (Phi) is 4.33. The van der Waals surface area contributed by atoms with E-state index in [-0.39, 0.29) is 17.4 Å². The Balaban J connectivity index is 1.82. The predicted octanol–water partition coefficient (Wildman–Crippen LogP) is 3.28. The van der Waals surface area contributed by atoms with E-state index in [2.05, 4.69) is 10.3 Å². The summed E-state index contributed by atoms with van der Waals surface area (Å²) >= 11 is 0. The van der Waals surface area contributed by atoms with Crippen LogP contribution in [-0.2, 0) is 4.79 Å². The molecule has 1 amide bonds. The lowest BCUT2D eigenvalue weighted by Crippen LogP contribution is -2.19. The number of fused-ring (bicyclic) bond motifs is 1. The van der Waals surface area contributed by atoms with E-state index in [0.29, 0.717) is 11.1 Å². The highest BCUT2D eigenvalue weighted by Gasteiger charge is 2.16. The SMILES string of the molecule is COc1cccc(C(C)C(=O)Nc2ccc3c(=O)[nH]ccc3c2)c1. The maximum Gasteiger partial charge on any atom is 0.255 e. The van der Waals surface area contributed by atoms with Crippen molar-refractivity contribution in [2.45, 2.75) is 12.8 Å². The van der Waals surface area contributed by atoms with Crippen molar-refractivity contribution in [2.24, 2.45) is 0 Å². The minimum Gasteiger partial charge on any atom is -0.497 e. The van der Waals surface area contributed by atoms with Gasteiger partial charge in [-0.25, -0.2) is 0 Å². The van der Waals surface area contributed by atoms with Crippen LogP contribution in [0.1, 0.15) is 18.4 Å². The van der Waals surface area contributed by atoms with Crippen molar-refractivity contribution in [1.29, 1.82) is 0 Å². The van der Waals surface area contributed by atoms with Crippen LogP contribution in [0.3, 0.4) is 0 Å². The fourth-order valence-corrected chi connectivity index (χ4v) is 2.58. The van der Waals surface area contributed by atoms with E-state index in [9.17, 15) is 9.59 Å². The highest BCUT2D eigenvalue weighted by molar-refractivity contribution is 5.97. The average molecular weight is 322 g/mol. The number of aromatic nitrogens is 1. The van der Waals surface area contributed by atoms with Crippen molar-refractivity contribution in [3.05, 3.63) is 70.6 Å². The number of hydrogen-bond acceptors (Lipinski definition) is 3. The number of amides is 1. The van der Waals surface area contributed by atoms with Gasteiger partial charge in [0, 0.05) is 17.3 Å². The second kappa shape index (κ2) is 6.58. The minimum atomic E-state index is -0.324. The van der Waals surface area contributed by atoms with Gasteiger partial charge in [-0.05, 0) is 54.3 Å². The molecule has 1 atom stereocenters. The van der Waals surface area contributed by atoms with Crippen LogP contribution >= 0.6 is 0 Å². The summed E-state index contributed by atoms with van der Waals surface area (Å²) in [6.07, 6.45) is 1.59. The lowest BCUT2D eigenvalue weighted by Gasteiger charge is -2.14. The van der Waals surface area contributed by atoms with Crippen molar-refractivity contribution >= 4 is 22.4 Å². The van der Waals surface area contributed by atoms with Crippen molar-refractivity contribution in [3.8, 4) is 5.75 Å². The van der Waals surface area contributed by atoms with E-state index in [0.717, 1.165) is 16.7 Å². The second-order valence-electron chi connectivity index (χ2n) is 5.60. The van der Waals surface area contributed by atoms with Crippen LogP contribution in [0.25, 0.3) is 10.8 Å². The molecule has 0 saturated heterocycles. The summed E-state index contributed by atoms with van der Waals surface area (Å²) in [5, 5.41) is 4.27. The molecule has 3 aromatic rings. The number of carbonyl (C=O) groups excluding carboxylic acids is 1. The molecule has 0 radical (unpaired) electrons. The minimum absolute atomic E-state index is 0.118. The number of aromatic amines is 1. The first kappa shape index (κ1) is 15.8. The predicted molar refractivity (Wildman–Crippen MR) is 94.6 cm³/mol. The molecule has 1 aromatic heterocycles. The zero-order valence-electron chi connectivity index (χ0n) is 13.5. The van der Waals surface area contributed by atoms with Gasteiger partial charge < -0.3 is 15.0 Å². The number of anilines is 1. The number of benzene rings is 2. The highest BCUT2D eigenvalue weighted by atomic mass is 16.5. The molecule has 0 spiro atoms. The first-order valence-corrected chi connectivity index (χ1v) is 7.65. The molecule has 0 aliphatic heterocycles. The van der Waals surface area contributed by atoms with Gasteiger partial charge >= 0.3 is 0 Å². The number of carbonyl (C=O) groups is 1. The molecule has 0 aliphatic carbocycles. The third kappa shape index (κ3) is 3.15. The molecule has 3 rings (SSSR count). The standard InChI is InChI=1S/C19H18N2O3/c1-12(13-4-3-5-16(11-13)24-2)18(22)21-15-6-7-17-14(10-15)8-9-20-19(17)23/h3-12H,1-2H3,(H,20,23)(H,21,22). The Morgan fingerprint density at radius 3 is 2.79 bits per heavy atom. The van der Waals surface area contributed by atoms with Crippen molar-refractivity contribution in [1.82, 2.24) is 4.98 Å². The largest absolute Gasteiger partial charge is 0.497 e. The van der Waals surface area contributed by atoms with E-state index >= 15 is 0 Å². The van der Waals surface area contributed by atoms with Gasteiger partial charge in [-0.15, -0.1) is 0 Å². The van der Waals surface area contributed by atoms with E-state index in [4.69, 9.17) is 4.74 Å². The molecule has 0 bridgehead atoms. The summed E-state index contributed by atoms with van der Waals surface area (Å²) in [7, 11) is 1.60. The Morgan fingerprint density at radius 1 is 1.17 bits per heavy atom. The van der Waals surface area contributed by atoms with Gasteiger partial charge in [0.15, 0.2) is 0 Å². The van der Waals surface area contributed by atoms with Gasteiger partial charge in [-0.3, -0.25) is 9.59 Å². The number of pyridine rings is 1. The van der Waals surface area contributed by atoms with Crippen LogP contribution < -0.4 is 15.6 Å². The molecule has 2 N–H and O–H groups in total. The molecule has 0 fully saturated rings. The van der Waals surface area contributed by atoms with Crippen LogP contribution in [0.15, 0.2) is 59.5 Å². The Morgan fingerprint density at radius 2 is 2.00 bits per heavy atom. The molecule has 122 valence electrons. The van der Waals surface area contributed by atoms with Gasteiger partial charge in [0.25, 0.3) is 5.56 Å². The molecule has 0 aliphatic rings. The zero-order valence-corrected chi connectivity index (χ0v) is 13.5. The van der Waals surface area contributed by atoms with Crippen LogP contribution in [0.5, 0.6) is 5.75 Å². The topological polar surface area (TPSA) is 71.2 Å². The van der Waals surface area contributed by atoms with Crippen molar-refractivity contribution in [3.63, 3.8) is 0 Å². The second-order valence-corrected chi connectivity index (χ2v) is 5.60. The average Bonchev–Trinajstić information content (AvgIpc) is 2.61.